The minimum atomic E-state index is -4.84. The molecule has 1 heterocycles. The molecule has 9 heteroatoms. The fourth-order valence-corrected chi connectivity index (χ4v) is 5.09. The highest BCUT2D eigenvalue weighted by Crippen LogP contribution is 2.31. The fraction of sp³-hybridized carbons (Fsp3) is 0.379. The Kier molecular flexibility index (Phi) is 10.0. The van der Waals surface area contributed by atoms with Crippen molar-refractivity contribution in [3.63, 3.8) is 0 Å². The first-order chi connectivity index (χ1) is 17.9. The number of likely N-dealkylation sites (N-methyl/N-ethyl adjacent to an activating group) is 1. The molecule has 204 valence electrons. The number of ketones is 1. The zero-order chi connectivity index (χ0) is 27.9. The van der Waals surface area contributed by atoms with Gasteiger partial charge in [0.15, 0.2) is 5.78 Å². The molecule has 1 amide bonds. The number of alkyl halides is 4. The monoisotopic (exact) mass is 640 g/mol. The molecule has 3 rings (SSSR count). The molecule has 2 aromatic carbocycles. The van der Waals surface area contributed by atoms with Crippen LogP contribution in [0.15, 0.2) is 72.9 Å². The number of carbonyl (C=O) groups excluding carboxylic acids is 2. The highest BCUT2D eigenvalue weighted by molar-refractivity contribution is 14.1. The maximum absolute atomic E-state index is 13.3. The number of ether oxygens (including phenoxy) is 1. The van der Waals surface area contributed by atoms with E-state index in [-0.39, 0.29) is 23.3 Å². The first-order valence-corrected chi connectivity index (χ1v) is 13.5. The van der Waals surface area contributed by atoms with Gasteiger partial charge in [-0.1, -0.05) is 71.8 Å². The lowest BCUT2D eigenvalue weighted by molar-refractivity contribution is -0.274. The lowest BCUT2D eigenvalue weighted by atomic mass is 9.94. The normalized spacial score (nSPS) is 14.0. The van der Waals surface area contributed by atoms with Crippen molar-refractivity contribution in [2.75, 3.05) is 7.05 Å². The number of hydrogen-bond donors (Lipinski definition) is 0. The molecule has 0 saturated carbocycles. The average molecular weight is 640 g/mol. The third-order valence-corrected chi connectivity index (χ3v) is 7.61. The lowest BCUT2D eigenvalue weighted by Gasteiger charge is -2.29. The van der Waals surface area contributed by atoms with Crippen molar-refractivity contribution in [2.45, 2.75) is 54.9 Å². The summed E-state index contributed by atoms with van der Waals surface area (Å²) in [7, 11) is 3.53. The summed E-state index contributed by atoms with van der Waals surface area (Å²) in [4.78, 5) is 27.9. The van der Waals surface area contributed by atoms with Gasteiger partial charge in [0, 0.05) is 31.9 Å². The first kappa shape index (κ1) is 29.7. The molecule has 38 heavy (non-hydrogen) atoms. The predicted octanol–water partition coefficient (Wildman–Crippen LogP) is 7.24. The Morgan fingerprint density at radius 3 is 2.37 bits per heavy atom. The second-order valence-electron chi connectivity index (χ2n) is 9.61. The average Bonchev–Trinajstić information content (AvgIpc) is 3.29. The van der Waals surface area contributed by atoms with E-state index in [1.807, 2.05) is 67.2 Å². The molecule has 2 atom stereocenters. The number of hydrogen-bond acceptors (Lipinski definition) is 3. The van der Waals surface area contributed by atoms with Crippen molar-refractivity contribution in [2.24, 2.45) is 7.05 Å². The summed E-state index contributed by atoms with van der Waals surface area (Å²) in [5.74, 6) is -0.726. The molecular weight excluding hydrogens is 608 g/mol. The smallest absolute Gasteiger partial charge is 0.406 e. The number of benzene rings is 2. The van der Waals surface area contributed by atoms with Crippen LogP contribution in [0.5, 0.6) is 5.75 Å². The van der Waals surface area contributed by atoms with Crippen molar-refractivity contribution in [1.82, 2.24) is 9.47 Å². The van der Waals surface area contributed by atoms with Crippen LogP contribution in [-0.4, -0.2) is 44.0 Å². The summed E-state index contributed by atoms with van der Waals surface area (Å²) in [5, 5.41) is 0. The number of unbranched alkanes of at least 4 members (excludes halogenated alkanes) is 1. The summed E-state index contributed by atoms with van der Waals surface area (Å²) >= 11 is 2.22. The van der Waals surface area contributed by atoms with Crippen LogP contribution < -0.4 is 4.74 Å². The molecule has 1 aromatic heterocycles. The van der Waals surface area contributed by atoms with Gasteiger partial charge >= 0.3 is 6.36 Å². The molecule has 0 fully saturated rings. The summed E-state index contributed by atoms with van der Waals surface area (Å²) in [6, 6.07) is 18.4. The van der Waals surface area contributed by atoms with Gasteiger partial charge < -0.3 is 14.2 Å². The highest BCUT2D eigenvalue weighted by Gasteiger charge is 2.33. The number of aromatic nitrogens is 1. The van der Waals surface area contributed by atoms with E-state index in [2.05, 4.69) is 27.3 Å². The van der Waals surface area contributed by atoms with Gasteiger partial charge in [0.1, 0.15) is 5.75 Å². The molecule has 5 nitrogen and oxygen atoms in total. The van der Waals surface area contributed by atoms with Crippen LogP contribution in [-0.2, 0) is 13.5 Å². The number of carbonyl (C=O) groups is 2. The molecule has 3 aromatic rings. The van der Waals surface area contributed by atoms with Crippen molar-refractivity contribution >= 4 is 34.3 Å². The molecule has 0 saturated heterocycles. The van der Waals surface area contributed by atoms with E-state index in [0.717, 1.165) is 24.5 Å². The third-order valence-electron chi connectivity index (χ3n) is 6.58. The van der Waals surface area contributed by atoms with Crippen molar-refractivity contribution < 1.29 is 27.5 Å². The largest absolute Gasteiger partial charge is 0.573 e. The summed E-state index contributed by atoms with van der Waals surface area (Å²) in [6.07, 6.45) is 0.559. The van der Waals surface area contributed by atoms with Crippen LogP contribution in [0.25, 0.3) is 0 Å². The van der Waals surface area contributed by atoms with Gasteiger partial charge in [0.2, 0.25) is 0 Å². The Bertz CT molecular complexity index is 1230. The van der Waals surface area contributed by atoms with Crippen LogP contribution in [0, 0.1) is 0 Å². The highest BCUT2D eigenvalue weighted by atomic mass is 127. The van der Waals surface area contributed by atoms with Gasteiger partial charge in [0.25, 0.3) is 5.91 Å². The molecule has 0 aliphatic heterocycles. The molecule has 0 N–H and O–H groups in total. The summed E-state index contributed by atoms with van der Waals surface area (Å²) < 4.78 is 43.3. The van der Waals surface area contributed by atoms with E-state index in [1.54, 1.807) is 11.9 Å². The molecule has 0 aliphatic carbocycles. The maximum Gasteiger partial charge on any atom is 0.573 e. The van der Waals surface area contributed by atoms with Crippen molar-refractivity contribution in [3.8, 4) is 5.75 Å². The molecule has 0 bridgehead atoms. The van der Waals surface area contributed by atoms with E-state index in [9.17, 15) is 22.8 Å². The zero-order valence-corrected chi connectivity index (χ0v) is 23.8. The van der Waals surface area contributed by atoms with Crippen LogP contribution in [0.4, 0.5) is 13.2 Å². The van der Waals surface area contributed by atoms with Gasteiger partial charge in [0.05, 0.1) is 9.12 Å². The predicted molar refractivity (Wildman–Crippen MR) is 150 cm³/mol. The van der Waals surface area contributed by atoms with Crippen LogP contribution in [0.2, 0.25) is 0 Å². The molecular formula is C29H32F3IN2O3. The Morgan fingerprint density at radius 1 is 1.03 bits per heavy atom. The van der Waals surface area contributed by atoms with Crippen LogP contribution in [0.3, 0.4) is 0 Å². The second kappa shape index (κ2) is 12.8. The topological polar surface area (TPSA) is 51.5 Å². The quantitative estimate of drug-likeness (QED) is 0.0908. The number of rotatable bonds is 12. The number of nitrogens with zero attached hydrogens (tertiary/aromatic N) is 2. The van der Waals surface area contributed by atoms with E-state index in [4.69, 9.17) is 0 Å². The molecule has 0 radical (unpaired) electrons. The Balaban J connectivity index is 1.68. The number of halogens is 4. The lowest BCUT2D eigenvalue weighted by Crippen LogP contribution is -2.38. The first-order valence-electron chi connectivity index (χ1n) is 12.4. The van der Waals surface area contributed by atoms with E-state index < -0.39 is 15.5 Å². The van der Waals surface area contributed by atoms with Gasteiger partial charge in [-0.3, -0.25) is 9.59 Å². The Hall–Kier alpha value is -2.82. The number of Topliss-reactive ketones (excluding diaryl/α,β-unsaturated/α-hetero) is 1. The second-order valence-corrected chi connectivity index (χ2v) is 12.0. The molecule has 0 aliphatic rings. The maximum atomic E-state index is 13.3. The number of amides is 1. The van der Waals surface area contributed by atoms with Gasteiger partial charge in [-0.25, -0.2) is 0 Å². The van der Waals surface area contributed by atoms with Gasteiger partial charge in [-0.2, -0.15) is 0 Å². The van der Waals surface area contributed by atoms with Gasteiger partial charge in [-0.05, 0) is 62.1 Å². The van der Waals surface area contributed by atoms with Crippen LogP contribution >= 0.6 is 22.6 Å². The fourth-order valence-electron chi connectivity index (χ4n) is 4.43. The standard InChI is InChI=1S/C29H32F3IN2O3/c1-28(33,26(36)25-16-10-18-34(25)2)17-8-7-14-23(19-21-11-5-4-6-12-21)35(3)27(37)22-13-9-15-24(20-22)38-29(30,31)32/h4-6,9-13,15-16,18,20,23H,7-8,14,17,19H2,1-3H3/t23-,28+/m1/s1. The van der Waals surface area contributed by atoms with E-state index in [1.165, 1.54) is 18.2 Å². The van der Waals surface area contributed by atoms with E-state index in [0.29, 0.717) is 25.0 Å². The Labute approximate surface area is 235 Å². The summed E-state index contributed by atoms with van der Waals surface area (Å²) in [6.45, 7) is 1.94. The summed E-state index contributed by atoms with van der Waals surface area (Å²) in [5.41, 5.74) is 1.86. The van der Waals surface area contributed by atoms with E-state index >= 15 is 0 Å². The Morgan fingerprint density at radius 2 is 1.74 bits per heavy atom. The minimum absolute atomic E-state index is 0.0830. The number of aryl methyl sites for hydroxylation is 1. The molecule has 0 spiro atoms. The minimum Gasteiger partial charge on any atom is -0.406 e. The van der Waals surface area contributed by atoms with Crippen molar-refractivity contribution in [3.05, 3.63) is 89.7 Å². The van der Waals surface area contributed by atoms with Crippen molar-refractivity contribution in [1.29, 1.82) is 0 Å². The third kappa shape index (κ3) is 8.34. The SMILES string of the molecule is CN(C(=O)c1cccc(OC(F)(F)F)c1)[C@H](CCCC[C@](C)(I)C(=O)c1cccn1C)Cc1ccccc1. The molecule has 0 unspecified atom stereocenters. The van der Waals surface area contributed by atoms with Gasteiger partial charge in [-0.15, -0.1) is 13.2 Å². The zero-order valence-electron chi connectivity index (χ0n) is 21.7. The van der Waals surface area contributed by atoms with Crippen LogP contribution in [0.1, 0.15) is 59.0 Å².